The topological polar surface area (TPSA) is 30.5 Å². The van der Waals surface area contributed by atoms with Gasteiger partial charge in [0.2, 0.25) is 0 Å². The lowest BCUT2D eigenvalue weighted by molar-refractivity contribution is 0.350. The number of methoxy groups -OCH3 is 2. The summed E-state index contributed by atoms with van der Waals surface area (Å²) < 4.78 is 10.8. The Hall–Kier alpha value is -2.00. The highest BCUT2D eigenvalue weighted by molar-refractivity contribution is 5.46. The van der Waals surface area contributed by atoms with Crippen LogP contribution in [-0.2, 0) is 6.54 Å². The summed E-state index contributed by atoms with van der Waals surface area (Å²) in [6, 6.07) is 14.8. The molecule has 0 fully saturated rings. The number of benzene rings is 2. The second-order valence-electron chi connectivity index (χ2n) is 5.17. The lowest BCUT2D eigenvalue weighted by Crippen LogP contribution is -2.18. The van der Waals surface area contributed by atoms with Crippen molar-refractivity contribution in [2.24, 2.45) is 0 Å². The molecular weight excluding hydrogens is 262 g/mol. The second-order valence-corrected chi connectivity index (χ2v) is 5.17. The minimum atomic E-state index is 0.279. The molecule has 3 heteroatoms. The molecule has 0 heterocycles. The van der Waals surface area contributed by atoms with Gasteiger partial charge in [-0.2, -0.15) is 0 Å². The quantitative estimate of drug-likeness (QED) is 0.874. The van der Waals surface area contributed by atoms with Crippen molar-refractivity contribution in [3.05, 3.63) is 59.2 Å². The SMILES string of the molecule is COc1cccc(CN[C@@H](C)c2cccc(C)c2)c1OC. The number of ether oxygens (including phenoxy) is 2. The van der Waals surface area contributed by atoms with E-state index in [4.69, 9.17) is 9.47 Å². The zero-order chi connectivity index (χ0) is 15.2. The first-order valence-electron chi connectivity index (χ1n) is 7.15. The minimum Gasteiger partial charge on any atom is -0.493 e. The van der Waals surface area contributed by atoms with Gasteiger partial charge in [-0.1, -0.05) is 42.0 Å². The van der Waals surface area contributed by atoms with Crippen LogP contribution in [-0.4, -0.2) is 14.2 Å². The molecule has 1 atom stereocenters. The van der Waals surface area contributed by atoms with Crippen LogP contribution in [0.2, 0.25) is 0 Å². The van der Waals surface area contributed by atoms with E-state index in [1.165, 1.54) is 11.1 Å². The Morgan fingerprint density at radius 1 is 1.05 bits per heavy atom. The van der Waals surface area contributed by atoms with Crippen molar-refractivity contribution in [3.8, 4) is 11.5 Å². The predicted octanol–water partition coefficient (Wildman–Crippen LogP) is 3.86. The van der Waals surface area contributed by atoms with Gasteiger partial charge in [0, 0.05) is 18.2 Å². The molecule has 0 aromatic heterocycles. The van der Waals surface area contributed by atoms with E-state index in [-0.39, 0.29) is 6.04 Å². The van der Waals surface area contributed by atoms with Gasteiger partial charge >= 0.3 is 0 Å². The second kappa shape index (κ2) is 7.14. The molecule has 0 bridgehead atoms. The largest absolute Gasteiger partial charge is 0.493 e. The third-order valence-corrected chi connectivity index (χ3v) is 3.63. The first-order valence-corrected chi connectivity index (χ1v) is 7.15. The van der Waals surface area contributed by atoms with Crippen molar-refractivity contribution in [1.29, 1.82) is 0 Å². The van der Waals surface area contributed by atoms with Gasteiger partial charge in [0.1, 0.15) is 0 Å². The molecule has 0 amide bonds. The molecule has 0 aliphatic heterocycles. The van der Waals surface area contributed by atoms with Crippen LogP contribution in [0.25, 0.3) is 0 Å². The third kappa shape index (κ3) is 3.76. The van der Waals surface area contributed by atoms with Crippen LogP contribution in [0.1, 0.15) is 29.7 Å². The molecule has 2 aromatic carbocycles. The fourth-order valence-corrected chi connectivity index (χ4v) is 2.41. The number of hydrogen-bond acceptors (Lipinski definition) is 3. The summed E-state index contributed by atoms with van der Waals surface area (Å²) >= 11 is 0. The number of aryl methyl sites for hydroxylation is 1. The maximum Gasteiger partial charge on any atom is 0.165 e. The number of para-hydroxylation sites is 1. The average Bonchev–Trinajstić information content (AvgIpc) is 2.51. The van der Waals surface area contributed by atoms with Crippen molar-refractivity contribution in [2.75, 3.05) is 14.2 Å². The number of nitrogens with one attached hydrogen (secondary N) is 1. The molecule has 2 aromatic rings. The smallest absolute Gasteiger partial charge is 0.165 e. The van der Waals surface area contributed by atoms with Gasteiger partial charge in [0.05, 0.1) is 14.2 Å². The average molecular weight is 285 g/mol. The van der Waals surface area contributed by atoms with E-state index in [1.54, 1.807) is 14.2 Å². The van der Waals surface area contributed by atoms with Crippen molar-refractivity contribution >= 4 is 0 Å². The normalized spacial score (nSPS) is 12.0. The van der Waals surface area contributed by atoms with Gasteiger partial charge in [-0.25, -0.2) is 0 Å². The van der Waals surface area contributed by atoms with Crippen LogP contribution in [0.15, 0.2) is 42.5 Å². The predicted molar refractivity (Wildman–Crippen MR) is 86.0 cm³/mol. The minimum absolute atomic E-state index is 0.279. The van der Waals surface area contributed by atoms with Crippen LogP contribution in [0.5, 0.6) is 11.5 Å². The molecule has 21 heavy (non-hydrogen) atoms. The monoisotopic (exact) mass is 285 g/mol. The summed E-state index contributed by atoms with van der Waals surface area (Å²) in [5.74, 6) is 1.56. The van der Waals surface area contributed by atoms with Crippen LogP contribution in [0, 0.1) is 6.92 Å². The van der Waals surface area contributed by atoms with E-state index in [1.807, 2.05) is 12.1 Å². The standard InChI is InChI=1S/C18H23NO2/c1-13-7-5-8-15(11-13)14(2)19-12-16-9-6-10-17(20-3)18(16)21-4/h5-11,14,19H,12H2,1-4H3/t14-/m0/s1. The third-order valence-electron chi connectivity index (χ3n) is 3.63. The lowest BCUT2D eigenvalue weighted by Gasteiger charge is -2.17. The molecule has 0 saturated carbocycles. The van der Waals surface area contributed by atoms with Gasteiger partial charge in [-0.3, -0.25) is 0 Å². The van der Waals surface area contributed by atoms with Crippen LogP contribution < -0.4 is 14.8 Å². The number of hydrogen-bond donors (Lipinski definition) is 1. The Morgan fingerprint density at radius 2 is 1.81 bits per heavy atom. The molecule has 1 N–H and O–H groups in total. The lowest BCUT2D eigenvalue weighted by atomic mass is 10.1. The first-order chi connectivity index (χ1) is 10.2. The summed E-state index contributed by atoms with van der Waals surface area (Å²) in [5.41, 5.74) is 3.66. The molecule has 0 spiro atoms. The zero-order valence-electron chi connectivity index (χ0n) is 13.1. The highest BCUT2D eigenvalue weighted by atomic mass is 16.5. The Labute approximate surface area is 126 Å². The Balaban J connectivity index is 2.09. The van der Waals surface area contributed by atoms with E-state index in [9.17, 15) is 0 Å². The summed E-state index contributed by atoms with van der Waals surface area (Å²) in [4.78, 5) is 0. The van der Waals surface area contributed by atoms with Crippen LogP contribution in [0.3, 0.4) is 0 Å². The van der Waals surface area contributed by atoms with Gasteiger partial charge < -0.3 is 14.8 Å². The molecule has 112 valence electrons. The van der Waals surface area contributed by atoms with E-state index in [2.05, 4.69) is 49.5 Å². The highest BCUT2D eigenvalue weighted by Crippen LogP contribution is 2.30. The molecule has 3 nitrogen and oxygen atoms in total. The molecule has 0 aliphatic rings. The Kier molecular flexibility index (Phi) is 5.23. The van der Waals surface area contributed by atoms with Crippen LogP contribution >= 0.6 is 0 Å². The summed E-state index contributed by atoms with van der Waals surface area (Å²) in [5, 5.41) is 3.53. The Morgan fingerprint density at radius 3 is 2.48 bits per heavy atom. The molecule has 2 rings (SSSR count). The van der Waals surface area contributed by atoms with Gasteiger partial charge in [-0.05, 0) is 25.5 Å². The van der Waals surface area contributed by atoms with Crippen molar-refractivity contribution in [1.82, 2.24) is 5.32 Å². The van der Waals surface area contributed by atoms with E-state index >= 15 is 0 Å². The van der Waals surface area contributed by atoms with Crippen molar-refractivity contribution < 1.29 is 9.47 Å². The molecule has 0 unspecified atom stereocenters. The summed E-state index contributed by atoms with van der Waals surface area (Å²) in [6.07, 6.45) is 0. The van der Waals surface area contributed by atoms with Crippen LogP contribution in [0.4, 0.5) is 0 Å². The molecular formula is C18H23NO2. The van der Waals surface area contributed by atoms with Crippen molar-refractivity contribution in [2.45, 2.75) is 26.4 Å². The summed E-state index contributed by atoms with van der Waals surface area (Å²) in [6.45, 7) is 5.01. The molecule has 0 radical (unpaired) electrons. The van der Waals surface area contributed by atoms with Gasteiger partial charge in [-0.15, -0.1) is 0 Å². The van der Waals surface area contributed by atoms with E-state index in [0.29, 0.717) is 0 Å². The zero-order valence-corrected chi connectivity index (χ0v) is 13.1. The van der Waals surface area contributed by atoms with Gasteiger partial charge in [0.25, 0.3) is 0 Å². The molecule has 0 aliphatic carbocycles. The first kappa shape index (κ1) is 15.4. The number of rotatable bonds is 6. The van der Waals surface area contributed by atoms with E-state index in [0.717, 1.165) is 23.6 Å². The van der Waals surface area contributed by atoms with E-state index < -0.39 is 0 Å². The Bertz CT molecular complexity index is 596. The fourth-order valence-electron chi connectivity index (χ4n) is 2.41. The van der Waals surface area contributed by atoms with Crippen molar-refractivity contribution in [3.63, 3.8) is 0 Å². The maximum absolute atomic E-state index is 5.46. The highest BCUT2D eigenvalue weighted by Gasteiger charge is 2.11. The molecule has 0 saturated heterocycles. The van der Waals surface area contributed by atoms with Gasteiger partial charge in [0.15, 0.2) is 11.5 Å². The fraction of sp³-hybridized carbons (Fsp3) is 0.333. The summed E-state index contributed by atoms with van der Waals surface area (Å²) in [7, 11) is 3.33. The maximum atomic E-state index is 5.46.